The van der Waals surface area contributed by atoms with Crippen LogP contribution in [0.5, 0.6) is 0 Å². The van der Waals surface area contributed by atoms with Crippen LogP contribution in [0, 0.1) is 5.82 Å². The first-order valence-corrected chi connectivity index (χ1v) is 11.8. The summed E-state index contributed by atoms with van der Waals surface area (Å²) in [7, 11) is 0. The molecule has 1 saturated carbocycles. The number of hydrogen-bond donors (Lipinski definition) is 3. The smallest absolute Gasteiger partial charge is 0.321 e. The lowest BCUT2D eigenvalue weighted by molar-refractivity contribution is 0.208. The summed E-state index contributed by atoms with van der Waals surface area (Å²) >= 11 is 0. The summed E-state index contributed by atoms with van der Waals surface area (Å²) in [6, 6.07) is 15.5. The van der Waals surface area contributed by atoms with Gasteiger partial charge >= 0.3 is 6.03 Å². The lowest BCUT2D eigenvalue weighted by atomic mass is 10.2. The number of aromatic nitrogens is 4. The number of nitrogens with zero attached hydrogens (tertiary/aromatic N) is 5. The van der Waals surface area contributed by atoms with Crippen LogP contribution in [-0.4, -0.2) is 57.3 Å². The summed E-state index contributed by atoms with van der Waals surface area (Å²) in [5, 5.41) is 14.6. The molecule has 10 heteroatoms. The van der Waals surface area contributed by atoms with Crippen LogP contribution in [0.4, 0.5) is 32.5 Å². The number of urea groups is 1. The van der Waals surface area contributed by atoms with E-state index in [1.165, 1.54) is 25.0 Å². The van der Waals surface area contributed by atoms with Crippen molar-refractivity contribution in [2.45, 2.75) is 18.8 Å². The Kier molecular flexibility index (Phi) is 5.40. The SMILES string of the molecule is O=C(Nc1ccc(F)cc1)N1CCN(c2nc(Nc3cc(C4CC4)[nH]n3)c3ccccc3n2)CC1. The number of benzene rings is 2. The van der Waals surface area contributed by atoms with Gasteiger partial charge in [0.05, 0.1) is 5.52 Å². The Bertz CT molecular complexity index is 1360. The van der Waals surface area contributed by atoms with Crippen LogP contribution in [0.2, 0.25) is 0 Å². The normalized spacial score (nSPS) is 15.9. The standard InChI is InChI=1S/C25H25FN8O/c26-17-7-9-18(10-8-17)27-25(35)34-13-11-33(12-14-34)24-28-20-4-2-1-3-19(20)23(30-24)29-22-15-21(31-32-22)16-5-6-16/h1-4,7-10,15-16H,5-6,11-14H2,(H,27,35)(H2,28,29,30,31,32). The molecule has 0 radical (unpaired) electrons. The minimum atomic E-state index is -0.337. The van der Waals surface area contributed by atoms with Gasteiger partial charge in [-0.2, -0.15) is 10.1 Å². The van der Waals surface area contributed by atoms with Gasteiger partial charge in [0.2, 0.25) is 5.95 Å². The predicted octanol–water partition coefficient (Wildman–Crippen LogP) is 4.47. The topological polar surface area (TPSA) is 102 Å². The molecule has 0 unspecified atom stereocenters. The molecule has 1 saturated heterocycles. The van der Waals surface area contributed by atoms with Gasteiger partial charge in [0.15, 0.2) is 5.82 Å². The highest BCUT2D eigenvalue weighted by Crippen LogP contribution is 2.40. The van der Waals surface area contributed by atoms with E-state index in [4.69, 9.17) is 9.97 Å². The molecule has 4 aromatic rings. The largest absolute Gasteiger partial charge is 0.337 e. The predicted molar refractivity (Wildman–Crippen MR) is 133 cm³/mol. The van der Waals surface area contributed by atoms with E-state index < -0.39 is 0 Å². The molecule has 9 nitrogen and oxygen atoms in total. The number of nitrogens with one attached hydrogen (secondary N) is 3. The van der Waals surface area contributed by atoms with Gasteiger partial charge in [-0.15, -0.1) is 0 Å². The van der Waals surface area contributed by atoms with Crippen molar-refractivity contribution in [1.82, 2.24) is 25.1 Å². The molecule has 0 spiro atoms. The lowest BCUT2D eigenvalue weighted by Gasteiger charge is -2.34. The van der Waals surface area contributed by atoms with Crippen molar-refractivity contribution in [2.75, 3.05) is 41.7 Å². The van der Waals surface area contributed by atoms with Gasteiger partial charge in [-0.05, 0) is 49.2 Å². The monoisotopic (exact) mass is 472 g/mol. The number of carbonyl (C=O) groups excluding carboxylic acids is 1. The summed E-state index contributed by atoms with van der Waals surface area (Å²) in [4.78, 5) is 26.1. The minimum absolute atomic E-state index is 0.206. The van der Waals surface area contributed by atoms with Crippen LogP contribution in [-0.2, 0) is 0 Å². The summed E-state index contributed by atoms with van der Waals surface area (Å²) < 4.78 is 13.1. The maximum atomic E-state index is 13.1. The Balaban J connectivity index is 1.17. The number of rotatable bonds is 5. The highest BCUT2D eigenvalue weighted by Gasteiger charge is 2.26. The maximum Gasteiger partial charge on any atom is 0.321 e. The molecule has 2 aromatic heterocycles. The van der Waals surface area contributed by atoms with Crippen LogP contribution in [0.15, 0.2) is 54.6 Å². The van der Waals surface area contributed by atoms with Crippen molar-refractivity contribution in [3.63, 3.8) is 0 Å². The Morgan fingerprint density at radius 2 is 1.77 bits per heavy atom. The molecule has 2 fully saturated rings. The number of halogens is 1. The van der Waals surface area contributed by atoms with Gasteiger partial charge in [0.25, 0.3) is 0 Å². The van der Waals surface area contributed by atoms with E-state index in [1.807, 2.05) is 30.3 Å². The second kappa shape index (κ2) is 8.86. The van der Waals surface area contributed by atoms with E-state index in [1.54, 1.807) is 17.0 Å². The van der Waals surface area contributed by atoms with Crippen LogP contribution >= 0.6 is 0 Å². The van der Waals surface area contributed by atoms with Crippen molar-refractivity contribution in [3.05, 3.63) is 66.1 Å². The molecule has 1 aliphatic carbocycles. The number of fused-ring (bicyclic) bond motifs is 1. The van der Waals surface area contributed by atoms with Crippen molar-refractivity contribution in [1.29, 1.82) is 0 Å². The summed E-state index contributed by atoms with van der Waals surface area (Å²) in [5.74, 6) is 2.31. The highest BCUT2D eigenvalue weighted by molar-refractivity contribution is 5.92. The van der Waals surface area contributed by atoms with Gasteiger partial charge in [-0.1, -0.05) is 12.1 Å². The summed E-state index contributed by atoms with van der Waals surface area (Å²) in [5.41, 5.74) is 2.56. The molecule has 178 valence electrons. The van der Waals surface area contributed by atoms with Gasteiger partial charge in [0.1, 0.15) is 11.6 Å². The van der Waals surface area contributed by atoms with Crippen molar-refractivity contribution in [3.8, 4) is 0 Å². The Morgan fingerprint density at radius 1 is 1.00 bits per heavy atom. The number of hydrogen-bond acceptors (Lipinski definition) is 6. The zero-order chi connectivity index (χ0) is 23.8. The molecule has 2 aromatic carbocycles. The Labute approximate surface area is 201 Å². The molecule has 0 atom stereocenters. The van der Waals surface area contributed by atoms with Crippen molar-refractivity contribution in [2.24, 2.45) is 0 Å². The van der Waals surface area contributed by atoms with Crippen molar-refractivity contribution < 1.29 is 9.18 Å². The first kappa shape index (κ1) is 21.3. The first-order chi connectivity index (χ1) is 17.1. The van der Waals surface area contributed by atoms with Gasteiger partial charge in [-0.25, -0.2) is 14.2 Å². The van der Waals surface area contributed by atoms with E-state index in [9.17, 15) is 9.18 Å². The fraction of sp³-hybridized carbons (Fsp3) is 0.280. The lowest BCUT2D eigenvalue weighted by Crippen LogP contribution is -2.50. The molecule has 2 amide bonds. The number of anilines is 4. The third kappa shape index (κ3) is 4.59. The van der Waals surface area contributed by atoms with E-state index in [0.29, 0.717) is 49.6 Å². The van der Waals surface area contributed by atoms with Crippen LogP contribution in [0.3, 0.4) is 0 Å². The number of para-hydroxylation sites is 1. The Morgan fingerprint density at radius 3 is 2.54 bits per heavy atom. The van der Waals surface area contributed by atoms with Crippen LogP contribution in [0.25, 0.3) is 10.9 Å². The van der Waals surface area contributed by atoms with Crippen molar-refractivity contribution >= 4 is 40.2 Å². The average Bonchev–Trinajstić information content (AvgIpc) is 3.64. The number of H-pyrrole nitrogens is 1. The van der Waals surface area contributed by atoms with Crippen LogP contribution in [0.1, 0.15) is 24.5 Å². The Hall–Kier alpha value is -4.21. The molecule has 3 N–H and O–H groups in total. The van der Waals surface area contributed by atoms with Gasteiger partial charge in [-0.3, -0.25) is 5.10 Å². The number of carbonyl (C=O) groups is 1. The first-order valence-electron chi connectivity index (χ1n) is 11.8. The van der Waals surface area contributed by atoms with E-state index >= 15 is 0 Å². The fourth-order valence-corrected chi connectivity index (χ4v) is 4.27. The van der Waals surface area contributed by atoms with Gasteiger partial charge in [0, 0.05) is 54.9 Å². The quantitative estimate of drug-likeness (QED) is 0.396. The molecule has 1 aliphatic heterocycles. The summed E-state index contributed by atoms with van der Waals surface area (Å²) in [6.07, 6.45) is 2.41. The summed E-state index contributed by atoms with van der Waals surface area (Å²) in [6.45, 7) is 2.25. The molecule has 2 aliphatic rings. The molecule has 0 bridgehead atoms. The zero-order valence-corrected chi connectivity index (χ0v) is 19.0. The molecule has 3 heterocycles. The highest BCUT2D eigenvalue weighted by atomic mass is 19.1. The number of amides is 2. The van der Waals surface area contributed by atoms with Crippen LogP contribution < -0.4 is 15.5 Å². The van der Waals surface area contributed by atoms with E-state index in [2.05, 4.69) is 25.7 Å². The second-order valence-corrected chi connectivity index (χ2v) is 8.91. The van der Waals surface area contributed by atoms with E-state index in [-0.39, 0.29) is 11.8 Å². The number of aromatic amines is 1. The molecule has 35 heavy (non-hydrogen) atoms. The van der Waals surface area contributed by atoms with Gasteiger partial charge < -0.3 is 20.4 Å². The average molecular weight is 473 g/mol. The maximum absolute atomic E-state index is 13.1. The minimum Gasteiger partial charge on any atom is -0.337 e. The second-order valence-electron chi connectivity index (χ2n) is 8.91. The molecular weight excluding hydrogens is 447 g/mol. The number of piperazine rings is 1. The third-order valence-electron chi connectivity index (χ3n) is 6.40. The zero-order valence-electron chi connectivity index (χ0n) is 19.0. The van der Waals surface area contributed by atoms with E-state index in [0.717, 1.165) is 22.4 Å². The fourth-order valence-electron chi connectivity index (χ4n) is 4.27. The molecule has 6 rings (SSSR count). The third-order valence-corrected chi connectivity index (χ3v) is 6.40. The molecular formula is C25H25FN8O.